The number of ether oxygens (including phenoxy) is 2. The number of hydrogen-bond acceptors (Lipinski definition) is 3. The zero-order chi connectivity index (χ0) is 14.8. The van der Waals surface area contributed by atoms with Gasteiger partial charge in [-0.1, -0.05) is 12.2 Å². The van der Waals surface area contributed by atoms with E-state index in [4.69, 9.17) is 9.47 Å². The van der Waals surface area contributed by atoms with Crippen molar-refractivity contribution in [1.82, 2.24) is 0 Å². The number of carbonyl (C=O) groups is 1. The third-order valence-corrected chi connectivity index (χ3v) is 4.57. The van der Waals surface area contributed by atoms with Crippen molar-refractivity contribution >= 4 is 5.78 Å². The maximum Gasteiger partial charge on any atom is 0.138 e. The molecule has 0 unspecified atom stereocenters. The summed E-state index contributed by atoms with van der Waals surface area (Å²) in [5.41, 5.74) is -0.508. The molecule has 0 radical (unpaired) electrons. The van der Waals surface area contributed by atoms with Gasteiger partial charge in [-0.25, -0.2) is 0 Å². The van der Waals surface area contributed by atoms with Gasteiger partial charge in [-0.3, -0.25) is 4.79 Å². The highest BCUT2D eigenvalue weighted by Gasteiger charge is 2.37. The van der Waals surface area contributed by atoms with Crippen molar-refractivity contribution in [2.24, 2.45) is 0 Å². The van der Waals surface area contributed by atoms with Crippen LogP contribution in [0.3, 0.4) is 0 Å². The Morgan fingerprint density at radius 3 is 1.75 bits per heavy atom. The van der Waals surface area contributed by atoms with E-state index in [1.165, 1.54) is 0 Å². The molecule has 4 atom stereocenters. The zero-order valence-electron chi connectivity index (χ0n) is 12.7. The molecule has 0 N–H and O–H groups in total. The lowest BCUT2D eigenvalue weighted by Gasteiger charge is -2.21. The van der Waals surface area contributed by atoms with Gasteiger partial charge in [0.15, 0.2) is 0 Å². The predicted octanol–water partition coefficient (Wildman–Crippen LogP) is 3.58. The van der Waals surface area contributed by atoms with Crippen molar-refractivity contribution in [3.05, 3.63) is 25.3 Å². The molecule has 0 aromatic carbocycles. The van der Waals surface area contributed by atoms with Crippen LogP contribution in [0.1, 0.15) is 52.4 Å². The minimum atomic E-state index is -0.254. The van der Waals surface area contributed by atoms with E-state index >= 15 is 0 Å². The van der Waals surface area contributed by atoms with E-state index in [0.29, 0.717) is 12.8 Å². The molecular weight excluding hydrogens is 252 g/mol. The van der Waals surface area contributed by atoms with Crippen LogP contribution in [0.5, 0.6) is 0 Å². The third kappa shape index (κ3) is 3.58. The first-order valence-electron chi connectivity index (χ1n) is 7.52. The number of carbonyl (C=O) groups excluding carboxylic acids is 1. The molecule has 2 saturated heterocycles. The lowest BCUT2D eigenvalue weighted by atomic mass is 9.99. The second-order valence-electron chi connectivity index (χ2n) is 6.54. The summed E-state index contributed by atoms with van der Waals surface area (Å²) in [4.78, 5) is 12.1. The van der Waals surface area contributed by atoms with E-state index in [2.05, 4.69) is 13.2 Å². The summed E-state index contributed by atoms with van der Waals surface area (Å²) in [5.74, 6) is 0.238. The van der Waals surface area contributed by atoms with Gasteiger partial charge in [-0.05, 0) is 39.5 Å². The molecule has 2 rings (SSSR count). The van der Waals surface area contributed by atoms with E-state index in [1.54, 1.807) is 0 Å². The maximum absolute atomic E-state index is 12.1. The lowest BCUT2D eigenvalue weighted by molar-refractivity contribution is -0.125. The van der Waals surface area contributed by atoms with Crippen LogP contribution in [-0.4, -0.2) is 29.2 Å². The largest absolute Gasteiger partial charge is 0.368 e. The molecule has 3 heteroatoms. The molecule has 20 heavy (non-hydrogen) atoms. The fraction of sp³-hybridized carbons (Fsp3) is 0.706. The van der Waals surface area contributed by atoms with Crippen molar-refractivity contribution in [3.8, 4) is 0 Å². The van der Waals surface area contributed by atoms with Crippen LogP contribution in [0.25, 0.3) is 0 Å². The summed E-state index contributed by atoms with van der Waals surface area (Å²) in [5, 5.41) is 0. The van der Waals surface area contributed by atoms with Gasteiger partial charge in [-0.2, -0.15) is 0 Å². The van der Waals surface area contributed by atoms with Crippen LogP contribution in [0.4, 0.5) is 0 Å². The van der Waals surface area contributed by atoms with Crippen molar-refractivity contribution in [2.75, 3.05) is 0 Å². The minimum absolute atomic E-state index is 0.0395. The SMILES string of the molecule is C=C[C@]1(C)CC[C@@H](CC(=O)C[C@@H]2CC[C@@](C)(C=C)O2)O1. The summed E-state index contributed by atoms with van der Waals surface area (Å²) in [6, 6.07) is 0. The summed E-state index contributed by atoms with van der Waals surface area (Å²) < 4.78 is 11.8. The Balaban J connectivity index is 1.77. The number of rotatable bonds is 6. The molecule has 0 aliphatic carbocycles. The average molecular weight is 278 g/mol. The Morgan fingerprint density at radius 2 is 1.45 bits per heavy atom. The van der Waals surface area contributed by atoms with E-state index in [0.717, 1.165) is 25.7 Å². The first-order chi connectivity index (χ1) is 9.38. The topological polar surface area (TPSA) is 35.5 Å². The van der Waals surface area contributed by atoms with Gasteiger partial charge < -0.3 is 9.47 Å². The van der Waals surface area contributed by atoms with Crippen molar-refractivity contribution < 1.29 is 14.3 Å². The Bertz CT molecular complexity index is 367. The van der Waals surface area contributed by atoms with Crippen molar-refractivity contribution in [2.45, 2.75) is 75.8 Å². The van der Waals surface area contributed by atoms with Gasteiger partial charge in [-0.15, -0.1) is 13.2 Å². The molecule has 0 spiro atoms. The molecule has 2 aliphatic heterocycles. The van der Waals surface area contributed by atoms with Gasteiger partial charge in [0.2, 0.25) is 0 Å². The third-order valence-electron chi connectivity index (χ3n) is 4.57. The van der Waals surface area contributed by atoms with Gasteiger partial charge in [0, 0.05) is 12.8 Å². The smallest absolute Gasteiger partial charge is 0.138 e. The van der Waals surface area contributed by atoms with Gasteiger partial charge in [0.1, 0.15) is 5.78 Å². The van der Waals surface area contributed by atoms with Crippen molar-refractivity contribution in [1.29, 1.82) is 0 Å². The monoisotopic (exact) mass is 278 g/mol. The number of Topliss-reactive ketones (excluding diaryl/α,β-unsaturated/α-hetero) is 1. The molecular formula is C17H26O3. The molecule has 0 aromatic rings. The molecule has 0 aromatic heterocycles. The lowest BCUT2D eigenvalue weighted by Crippen LogP contribution is -2.25. The predicted molar refractivity (Wildman–Crippen MR) is 79.7 cm³/mol. The zero-order valence-corrected chi connectivity index (χ0v) is 12.7. The highest BCUT2D eigenvalue weighted by Crippen LogP contribution is 2.35. The van der Waals surface area contributed by atoms with E-state index < -0.39 is 0 Å². The highest BCUT2D eigenvalue weighted by molar-refractivity contribution is 5.79. The normalized spacial score (nSPS) is 40.7. The quantitative estimate of drug-likeness (QED) is 0.697. The molecule has 0 saturated carbocycles. The summed E-state index contributed by atoms with van der Waals surface area (Å²) >= 11 is 0. The van der Waals surface area contributed by atoms with Crippen LogP contribution >= 0.6 is 0 Å². The van der Waals surface area contributed by atoms with Crippen LogP contribution in [0.2, 0.25) is 0 Å². The van der Waals surface area contributed by atoms with Crippen LogP contribution in [-0.2, 0) is 14.3 Å². The van der Waals surface area contributed by atoms with Gasteiger partial charge in [0.25, 0.3) is 0 Å². The standard InChI is InChI=1S/C17H26O3/c1-5-16(3)9-7-14(19-16)11-13(18)12-15-8-10-17(4,6-2)20-15/h5-6,14-15H,1-2,7-12H2,3-4H3/t14-,15-,16+,17+/m0/s1. The first-order valence-corrected chi connectivity index (χ1v) is 7.52. The van der Waals surface area contributed by atoms with E-state index in [9.17, 15) is 4.79 Å². The van der Waals surface area contributed by atoms with Crippen LogP contribution in [0.15, 0.2) is 25.3 Å². The first kappa shape index (κ1) is 15.5. The maximum atomic E-state index is 12.1. The fourth-order valence-electron chi connectivity index (χ4n) is 3.07. The molecule has 3 nitrogen and oxygen atoms in total. The molecule has 2 heterocycles. The molecule has 0 amide bonds. The van der Waals surface area contributed by atoms with Gasteiger partial charge in [0.05, 0.1) is 23.4 Å². The average Bonchev–Trinajstić information content (AvgIpc) is 2.95. The number of ketones is 1. The van der Waals surface area contributed by atoms with Crippen molar-refractivity contribution in [3.63, 3.8) is 0 Å². The van der Waals surface area contributed by atoms with E-state index in [-0.39, 0.29) is 29.2 Å². The number of hydrogen-bond donors (Lipinski definition) is 0. The minimum Gasteiger partial charge on any atom is -0.368 e. The Kier molecular flexibility index (Phi) is 4.50. The molecule has 112 valence electrons. The fourth-order valence-corrected chi connectivity index (χ4v) is 3.07. The van der Waals surface area contributed by atoms with E-state index in [1.807, 2.05) is 26.0 Å². The summed E-state index contributed by atoms with van der Waals surface area (Å²) in [6.07, 6.45) is 8.51. The second-order valence-corrected chi connectivity index (χ2v) is 6.54. The Hall–Kier alpha value is -0.930. The molecule has 2 fully saturated rings. The highest BCUT2D eigenvalue weighted by atomic mass is 16.5. The summed E-state index contributed by atoms with van der Waals surface area (Å²) in [7, 11) is 0. The van der Waals surface area contributed by atoms with Crippen LogP contribution < -0.4 is 0 Å². The molecule has 2 aliphatic rings. The Labute approximate surface area is 122 Å². The van der Waals surface area contributed by atoms with Crippen LogP contribution in [0, 0.1) is 0 Å². The second kappa shape index (κ2) is 5.82. The molecule has 0 bridgehead atoms. The van der Waals surface area contributed by atoms with Gasteiger partial charge >= 0.3 is 0 Å². The summed E-state index contributed by atoms with van der Waals surface area (Å²) in [6.45, 7) is 11.7. The Morgan fingerprint density at radius 1 is 1.05 bits per heavy atom.